The van der Waals surface area contributed by atoms with Gasteiger partial charge in [0.15, 0.2) is 0 Å². The first-order chi connectivity index (χ1) is 13.4. The van der Waals surface area contributed by atoms with Crippen LogP contribution in [0.1, 0.15) is 33.6 Å². The molecule has 0 N–H and O–H groups in total. The summed E-state index contributed by atoms with van der Waals surface area (Å²) in [6, 6.07) is 11.4. The third-order valence-electron chi connectivity index (χ3n) is 5.46. The summed E-state index contributed by atoms with van der Waals surface area (Å²) in [5.41, 5.74) is 1.34. The Morgan fingerprint density at radius 1 is 0.633 bits per heavy atom. The summed E-state index contributed by atoms with van der Waals surface area (Å²) in [4.78, 5) is 0. The zero-order valence-electron chi connectivity index (χ0n) is 23.3. The van der Waals surface area contributed by atoms with Crippen LogP contribution in [0.25, 0.3) is 0 Å². The van der Waals surface area contributed by atoms with Crippen LogP contribution in [0, 0.1) is 0 Å². The minimum atomic E-state index is 0.890. The summed E-state index contributed by atoms with van der Waals surface area (Å²) >= 11 is 0. The molecule has 0 atom stereocenters. The van der Waals surface area contributed by atoms with Gasteiger partial charge < -0.3 is 13.4 Å². The van der Waals surface area contributed by atoms with Crippen molar-refractivity contribution in [3.8, 4) is 0 Å². The Bertz CT molecular complexity index is 511. The fourth-order valence-corrected chi connectivity index (χ4v) is 2.40. The number of hydrogen-bond acceptors (Lipinski definition) is 0. The topological polar surface area (TPSA) is 0 Å². The van der Waals surface area contributed by atoms with E-state index in [1.807, 2.05) is 6.07 Å². The quantitative estimate of drug-likeness (QED) is 0.606. The van der Waals surface area contributed by atoms with Crippen LogP contribution in [0.4, 0.5) is 5.69 Å². The van der Waals surface area contributed by atoms with Crippen molar-refractivity contribution in [2.75, 3.05) is 97.2 Å². The Kier molecular flexibility index (Phi) is 14.0. The molecule has 1 fully saturated rings. The first kappa shape index (κ1) is 31.2. The number of rotatable bonds is 5. The lowest BCUT2D eigenvalue weighted by Gasteiger charge is -2.30. The molecule has 0 aliphatic heterocycles. The molecule has 1 aromatic rings. The molecule has 30 heavy (non-hydrogen) atoms. The normalized spacial score (nSPS) is 14.3. The number of nitrogens with zero attached hydrogens (tertiary/aromatic N) is 4. The maximum atomic E-state index is 2.29. The molecule has 0 unspecified atom stereocenters. The molecule has 0 bridgehead atoms. The molecule has 1 aliphatic rings. The summed E-state index contributed by atoms with van der Waals surface area (Å²) in [5.74, 6) is 0. The Morgan fingerprint density at radius 3 is 1.07 bits per heavy atom. The lowest BCUT2D eigenvalue weighted by Crippen LogP contribution is -2.42. The van der Waals surface area contributed by atoms with Gasteiger partial charge in [0.25, 0.3) is 0 Å². The van der Waals surface area contributed by atoms with Gasteiger partial charge in [0.1, 0.15) is 5.69 Å². The number of hydrogen-bond donors (Lipinski definition) is 0. The van der Waals surface area contributed by atoms with Crippen molar-refractivity contribution in [3.63, 3.8) is 0 Å². The van der Waals surface area contributed by atoms with Gasteiger partial charge in [-0.2, -0.15) is 0 Å². The van der Waals surface area contributed by atoms with Crippen molar-refractivity contribution in [2.45, 2.75) is 39.7 Å². The fraction of sp³-hybridized carbons (Fsp3) is 0.769. The molecule has 4 heteroatoms. The van der Waals surface area contributed by atoms with Crippen molar-refractivity contribution < 1.29 is 13.4 Å². The standard InChI is InChI=1S/C9H14N.C7H18N.C6H14N.C4H12N/c1-10(2,3)9-7-5-4-6-8-9;1-5-8(4,6-2)7-3;1-7(2,3)6-4-5-6;1-5(2,3)4/h4-8H,1-3H3;5-7H2,1-4H3;6H,4-5H2,1-3H3;1-4H3/q4*+1. The molecule has 0 saturated heterocycles. The summed E-state index contributed by atoms with van der Waals surface area (Å²) in [6.45, 7) is 10.5. The molecule has 0 heterocycles. The van der Waals surface area contributed by atoms with E-state index >= 15 is 0 Å². The van der Waals surface area contributed by atoms with E-state index in [0.29, 0.717) is 0 Å². The maximum absolute atomic E-state index is 2.29. The van der Waals surface area contributed by atoms with E-state index < -0.39 is 0 Å². The molecule has 1 saturated carbocycles. The van der Waals surface area contributed by atoms with Crippen molar-refractivity contribution in [1.82, 2.24) is 4.48 Å². The Hall–Kier alpha value is -0.940. The summed E-state index contributed by atoms with van der Waals surface area (Å²) in [5, 5.41) is 0. The summed E-state index contributed by atoms with van der Waals surface area (Å²) < 4.78 is 4.26. The fourth-order valence-electron chi connectivity index (χ4n) is 2.40. The van der Waals surface area contributed by atoms with Crippen LogP contribution in [0.2, 0.25) is 0 Å². The highest BCUT2D eigenvalue weighted by molar-refractivity contribution is 5.40. The van der Waals surface area contributed by atoms with E-state index in [-0.39, 0.29) is 0 Å². The zero-order chi connectivity index (χ0) is 24.2. The molecule has 0 radical (unpaired) electrons. The highest BCUT2D eigenvalue weighted by atomic mass is 15.3. The van der Waals surface area contributed by atoms with Crippen LogP contribution >= 0.6 is 0 Å². The number of benzene rings is 1. The van der Waals surface area contributed by atoms with Crippen molar-refractivity contribution in [2.24, 2.45) is 0 Å². The van der Waals surface area contributed by atoms with Crippen LogP contribution < -0.4 is 4.48 Å². The molecule has 2 rings (SSSR count). The molecule has 0 amide bonds. The SMILES string of the molecule is CC[N+](C)(CC)CC.C[N+](C)(C)C.C[N+](C)(C)C1CC1.C[N+](C)(C)c1ccccc1. The third kappa shape index (κ3) is 19.0. The van der Waals surface area contributed by atoms with Gasteiger partial charge in [0, 0.05) is 12.8 Å². The van der Waals surface area contributed by atoms with E-state index in [1.165, 1.54) is 47.1 Å². The van der Waals surface area contributed by atoms with Crippen LogP contribution in [-0.2, 0) is 0 Å². The van der Waals surface area contributed by atoms with Gasteiger partial charge >= 0.3 is 0 Å². The second-order valence-corrected chi connectivity index (χ2v) is 11.9. The monoisotopic (exact) mass is 426 g/mol. The highest BCUT2D eigenvalue weighted by Crippen LogP contribution is 2.28. The highest BCUT2D eigenvalue weighted by Gasteiger charge is 2.34. The second kappa shape index (κ2) is 13.5. The van der Waals surface area contributed by atoms with E-state index in [9.17, 15) is 0 Å². The van der Waals surface area contributed by atoms with E-state index in [4.69, 9.17) is 0 Å². The minimum absolute atomic E-state index is 0.890. The molecule has 0 spiro atoms. The van der Waals surface area contributed by atoms with Crippen molar-refractivity contribution >= 4 is 5.69 Å². The van der Waals surface area contributed by atoms with Crippen LogP contribution in [0.15, 0.2) is 30.3 Å². The molecule has 178 valence electrons. The van der Waals surface area contributed by atoms with E-state index in [1.54, 1.807) is 0 Å². The van der Waals surface area contributed by atoms with Gasteiger partial charge in [-0.1, -0.05) is 18.2 Å². The molecule has 1 aliphatic carbocycles. The van der Waals surface area contributed by atoms with Gasteiger partial charge in [0.2, 0.25) is 0 Å². The first-order valence-electron chi connectivity index (χ1n) is 11.7. The zero-order valence-corrected chi connectivity index (χ0v) is 23.3. The lowest BCUT2D eigenvalue weighted by molar-refractivity contribution is -0.904. The Balaban J connectivity index is 0. The first-order valence-corrected chi connectivity index (χ1v) is 11.7. The van der Waals surface area contributed by atoms with Gasteiger partial charge in [0.05, 0.1) is 103 Å². The van der Waals surface area contributed by atoms with Crippen LogP contribution in [0.3, 0.4) is 0 Å². The van der Waals surface area contributed by atoms with Gasteiger partial charge in [-0.15, -0.1) is 0 Å². The van der Waals surface area contributed by atoms with E-state index in [2.05, 4.69) is 123 Å². The Labute approximate surface area is 191 Å². The molecule has 4 nitrogen and oxygen atoms in total. The third-order valence-corrected chi connectivity index (χ3v) is 5.46. The molecule has 0 aromatic heterocycles. The van der Waals surface area contributed by atoms with Gasteiger partial charge in [-0.25, -0.2) is 0 Å². The van der Waals surface area contributed by atoms with Gasteiger partial charge in [-0.3, -0.25) is 4.48 Å². The minimum Gasteiger partial charge on any atom is -0.333 e. The smallest absolute Gasteiger partial charge is 0.132 e. The maximum Gasteiger partial charge on any atom is 0.132 e. The molecular weight excluding hydrogens is 368 g/mol. The largest absolute Gasteiger partial charge is 0.333 e. The summed E-state index contributed by atoms with van der Waals surface area (Å²) in [6.07, 6.45) is 2.90. The average Bonchev–Trinajstić information content (AvgIpc) is 3.46. The van der Waals surface area contributed by atoms with Gasteiger partial charge in [-0.05, 0) is 32.9 Å². The lowest BCUT2D eigenvalue weighted by atomic mass is 10.3. The number of para-hydroxylation sites is 1. The van der Waals surface area contributed by atoms with Crippen LogP contribution in [-0.4, -0.2) is 117 Å². The predicted molar refractivity (Wildman–Crippen MR) is 139 cm³/mol. The average molecular weight is 427 g/mol. The van der Waals surface area contributed by atoms with E-state index in [0.717, 1.165) is 15.0 Å². The molecular formula is C26H58N4+4. The Morgan fingerprint density at radius 2 is 0.967 bits per heavy atom. The predicted octanol–water partition coefficient (Wildman–Crippen LogP) is 4.55. The molecule has 1 aromatic carbocycles. The van der Waals surface area contributed by atoms with Crippen molar-refractivity contribution in [3.05, 3.63) is 30.3 Å². The summed E-state index contributed by atoms with van der Waals surface area (Å²) in [7, 11) is 24.1. The van der Waals surface area contributed by atoms with Crippen LogP contribution in [0.5, 0.6) is 0 Å². The number of quaternary nitrogens is 4. The second-order valence-electron chi connectivity index (χ2n) is 11.9. The van der Waals surface area contributed by atoms with Crippen molar-refractivity contribution in [1.29, 1.82) is 0 Å².